The molecule has 0 amide bonds. The molecule has 0 aliphatic rings. The Labute approximate surface area is 58.4 Å². The van der Waals surface area contributed by atoms with Gasteiger partial charge in [0.05, 0.1) is 17.6 Å². The second-order valence-corrected chi connectivity index (χ2v) is 1.85. The summed E-state index contributed by atoms with van der Waals surface area (Å²) in [4.78, 5) is 13.5. The highest BCUT2D eigenvalue weighted by atomic mass is 32.1. The summed E-state index contributed by atoms with van der Waals surface area (Å²) in [6, 6.07) is -0.250. The van der Waals surface area contributed by atoms with Crippen LogP contribution in [-0.4, -0.2) is 22.3 Å². The molecule has 0 radical (unpaired) electrons. The van der Waals surface area contributed by atoms with Gasteiger partial charge in [-0.1, -0.05) is 0 Å². The van der Waals surface area contributed by atoms with Crippen molar-refractivity contribution in [3.63, 3.8) is 0 Å². The molecular weight excluding hydrogens is 138 g/mol. The maximum absolute atomic E-state index is 9.96. The molecule has 3 nitrogen and oxygen atoms in total. The average molecular weight is 145 g/mol. The standard InChI is InChI=1S/C5H7NO2S/c1-4(6-3-9)2-5(7)8/h4H,2H2,1H3,(H,7,8)/t4-/m1/s1. The molecule has 0 aromatic rings. The smallest absolute Gasteiger partial charge is 0.305 e. The number of hydrogen-bond acceptors (Lipinski definition) is 3. The largest absolute Gasteiger partial charge is 0.481 e. The van der Waals surface area contributed by atoms with Gasteiger partial charge in [-0.05, 0) is 19.1 Å². The Kier molecular flexibility index (Phi) is 3.84. The van der Waals surface area contributed by atoms with E-state index in [0.29, 0.717) is 0 Å². The van der Waals surface area contributed by atoms with E-state index < -0.39 is 5.97 Å². The van der Waals surface area contributed by atoms with Crippen LogP contribution in [0.25, 0.3) is 0 Å². The number of hydrogen-bond donors (Lipinski definition) is 1. The highest BCUT2D eigenvalue weighted by Gasteiger charge is 2.03. The van der Waals surface area contributed by atoms with Gasteiger partial charge in [-0.2, -0.15) is 0 Å². The Morgan fingerprint density at radius 3 is 2.89 bits per heavy atom. The lowest BCUT2D eigenvalue weighted by Crippen LogP contribution is -2.05. The highest BCUT2D eigenvalue weighted by molar-refractivity contribution is 7.78. The zero-order valence-electron chi connectivity index (χ0n) is 5.00. The van der Waals surface area contributed by atoms with E-state index in [2.05, 4.69) is 22.4 Å². The van der Waals surface area contributed by atoms with Crippen LogP contribution in [0.15, 0.2) is 4.99 Å². The van der Waals surface area contributed by atoms with Gasteiger partial charge in [0.1, 0.15) is 0 Å². The Hall–Kier alpha value is -0.730. The summed E-state index contributed by atoms with van der Waals surface area (Å²) in [5, 5.41) is 10.3. The quantitative estimate of drug-likeness (QED) is 0.475. The number of aliphatic carboxylic acids is 1. The van der Waals surface area contributed by atoms with E-state index in [1.165, 1.54) is 0 Å². The number of aliphatic imine (C=N–C) groups is 1. The molecule has 0 heterocycles. The predicted molar refractivity (Wildman–Crippen MR) is 36.7 cm³/mol. The maximum Gasteiger partial charge on any atom is 0.305 e. The Balaban J connectivity index is 3.62. The lowest BCUT2D eigenvalue weighted by Gasteiger charge is -1.95. The molecule has 0 aliphatic heterocycles. The molecule has 0 fully saturated rings. The van der Waals surface area contributed by atoms with E-state index in [1.54, 1.807) is 6.92 Å². The van der Waals surface area contributed by atoms with Crippen LogP contribution in [0.1, 0.15) is 13.3 Å². The van der Waals surface area contributed by atoms with Crippen LogP contribution in [0.3, 0.4) is 0 Å². The average Bonchev–Trinajstić information content (AvgIpc) is 1.63. The summed E-state index contributed by atoms with van der Waals surface area (Å²) >= 11 is 4.27. The van der Waals surface area contributed by atoms with Crippen LogP contribution in [0, 0.1) is 0 Å². The summed E-state index contributed by atoms with van der Waals surface area (Å²) in [6.07, 6.45) is 0.0175. The Morgan fingerprint density at radius 1 is 2.00 bits per heavy atom. The Morgan fingerprint density at radius 2 is 2.56 bits per heavy atom. The summed E-state index contributed by atoms with van der Waals surface area (Å²) < 4.78 is 0. The lowest BCUT2D eigenvalue weighted by molar-refractivity contribution is -0.137. The fraction of sp³-hybridized carbons (Fsp3) is 0.600. The van der Waals surface area contributed by atoms with Crippen LogP contribution >= 0.6 is 12.2 Å². The van der Waals surface area contributed by atoms with Crippen LogP contribution in [0.4, 0.5) is 0 Å². The molecule has 0 aromatic heterocycles. The van der Waals surface area contributed by atoms with Crippen molar-refractivity contribution in [1.82, 2.24) is 0 Å². The number of carboxylic acids is 1. The van der Waals surface area contributed by atoms with E-state index in [4.69, 9.17) is 5.11 Å². The first-order chi connectivity index (χ1) is 4.16. The van der Waals surface area contributed by atoms with Gasteiger partial charge in [0.25, 0.3) is 0 Å². The predicted octanol–water partition coefficient (Wildman–Crippen LogP) is 0.952. The summed E-state index contributed by atoms with van der Waals surface area (Å²) in [7, 11) is 0. The first-order valence-corrected chi connectivity index (χ1v) is 2.86. The number of carboxylic acid groups (broad SMARTS) is 1. The zero-order valence-corrected chi connectivity index (χ0v) is 5.81. The molecule has 0 aliphatic carbocycles. The van der Waals surface area contributed by atoms with Crippen molar-refractivity contribution in [3.05, 3.63) is 0 Å². The van der Waals surface area contributed by atoms with Crippen molar-refractivity contribution in [2.24, 2.45) is 4.99 Å². The van der Waals surface area contributed by atoms with Gasteiger partial charge in [0, 0.05) is 0 Å². The van der Waals surface area contributed by atoms with E-state index in [-0.39, 0.29) is 12.5 Å². The number of thiocarbonyl (C=S) groups is 1. The van der Waals surface area contributed by atoms with Gasteiger partial charge in [0.15, 0.2) is 0 Å². The number of isothiocyanates is 1. The van der Waals surface area contributed by atoms with E-state index in [9.17, 15) is 4.79 Å². The van der Waals surface area contributed by atoms with Crippen molar-refractivity contribution in [2.75, 3.05) is 0 Å². The van der Waals surface area contributed by atoms with Crippen LogP contribution in [0.2, 0.25) is 0 Å². The minimum atomic E-state index is -0.864. The zero-order chi connectivity index (χ0) is 7.28. The number of carbonyl (C=O) groups is 1. The topological polar surface area (TPSA) is 49.7 Å². The van der Waals surface area contributed by atoms with Crippen LogP contribution in [0.5, 0.6) is 0 Å². The summed E-state index contributed by atoms with van der Waals surface area (Å²) in [5.74, 6) is -0.864. The normalized spacial score (nSPS) is 11.7. The monoisotopic (exact) mass is 145 g/mol. The number of rotatable bonds is 3. The molecule has 0 spiro atoms. The van der Waals surface area contributed by atoms with Crippen molar-refractivity contribution < 1.29 is 9.90 Å². The minimum absolute atomic E-state index is 0.0175. The minimum Gasteiger partial charge on any atom is -0.481 e. The van der Waals surface area contributed by atoms with Gasteiger partial charge in [-0.15, -0.1) is 0 Å². The fourth-order valence-electron chi connectivity index (χ4n) is 0.388. The fourth-order valence-corrected chi connectivity index (χ4v) is 0.568. The molecule has 9 heavy (non-hydrogen) atoms. The van der Waals surface area contributed by atoms with Crippen molar-refractivity contribution in [2.45, 2.75) is 19.4 Å². The maximum atomic E-state index is 9.96. The molecule has 0 aromatic carbocycles. The molecule has 0 rings (SSSR count). The summed E-state index contributed by atoms with van der Waals surface area (Å²) in [5.41, 5.74) is 0. The highest BCUT2D eigenvalue weighted by Crippen LogP contribution is 1.93. The molecule has 50 valence electrons. The molecule has 0 bridgehead atoms. The van der Waals surface area contributed by atoms with Gasteiger partial charge < -0.3 is 5.11 Å². The summed E-state index contributed by atoms with van der Waals surface area (Å²) in [6.45, 7) is 1.67. The van der Waals surface area contributed by atoms with Gasteiger partial charge in [-0.25, -0.2) is 4.99 Å². The molecule has 0 unspecified atom stereocenters. The SMILES string of the molecule is C[C@H](CC(=O)O)N=C=S. The molecule has 0 saturated heterocycles. The van der Waals surface area contributed by atoms with Gasteiger partial charge in [-0.3, -0.25) is 4.79 Å². The van der Waals surface area contributed by atoms with Gasteiger partial charge in [0.2, 0.25) is 0 Å². The molecule has 1 N–H and O–H groups in total. The van der Waals surface area contributed by atoms with E-state index >= 15 is 0 Å². The van der Waals surface area contributed by atoms with Crippen molar-refractivity contribution in [1.29, 1.82) is 0 Å². The third-order valence-electron chi connectivity index (χ3n) is 0.743. The molecular formula is C5H7NO2S. The lowest BCUT2D eigenvalue weighted by atomic mass is 10.2. The molecule has 1 atom stereocenters. The van der Waals surface area contributed by atoms with Crippen molar-refractivity contribution >= 4 is 23.3 Å². The second-order valence-electron chi connectivity index (χ2n) is 1.67. The van der Waals surface area contributed by atoms with Crippen LogP contribution < -0.4 is 0 Å². The first-order valence-electron chi connectivity index (χ1n) is 2.45. The van der Waals surface area contributed by atoms with Gasteiger partial charge >= 0.3 is 5.97 Å². The van der Waals surface area contributed by atoms with E-state index in [0.717, 1.165) is 0 Å². The first kappa shape index (κ1) is 8.27. The third-order valence-corrected chi connectivity index (χ3v) is 0.849. The molecule has 0 saturated carbocycles. The molecule has 4 heteroatoms. The Bertz CT molecular complexity index is 151. The second kappa shape index (κ2) is 4.18. The number of nitrogens with zero attached hydrogens (tertiary/aromatic N) is 1. The third kappa shape index (κ3) is 5.14. The van der Waals surface area contributed by atoms with Crippen molar-refractivity contribution in [3.8, 4) is 0 Å². The van der Waals surface area contributed by atoms with Crippen LogP contribution in [-0.2, 0) is 4.79 Å². The van der Waals surface area contributed by atoms with E-state index in [1.807, 2.05) is 0 Å².